The lowest BCUT2D eigenvalue weighted by Crippen LogP contribution is -2.37. The maximum absolute atomic E-state index is 5.19. The molecule has 2 N–H and O–H groups in total. The normalized spacial score (nSPS) is 17.5. The van der Waals surface area contributed by atoms with E-state index in [1.54, 1.807) is 7.05 Å². The van der Waals surface area contributed by atoms with Gasteiger partial charge in [-0.05, 0) is 18.8 Å². The number of nitrogens with zero attached hydrogens (tertiary/aromatic N) is 1. The number of guanidine groups is 1. The van der Waals surface area contributed by atoms with Gasteiger partial charge in [0.2, 0.25) is 0 Å². The Labute approximate surface area is 105 Å². The molecular formula is C14H25N3. The van der Waals surface area contributed by atoms with Gasteiger partial charge in [-0.3, -0.25) is 4.99 Å². The average Bonchev–Trinajstić information content (AvgIpc) is 2.39. The SMILES string of the molecule is C#CCNC(=NC)NCCCC1CCCCC1. The van der Waals surface area contributed by atoms with Crippen LogP contribution in [0, 0.1) is 18.3 Å². The molecule has 17 heavy (non-hydrogen) atoms. The Morgan fingerprint density at radius 3 is 2.71 bits per heavy atom. The number of terminal acetylenes is 1. The number of rotatable bonds is 5. The maximum Gasteiger partial charge on any atom is 0.191 e. The summed E-state index contributed by atoms with van der Waals surface area (Å²) in [6.07, 6.45) is 14.9. The second-order valence-electron chi connectivity index (χ2n) is 4.70. The Bertz CT molecular complexity index is 259. The van der Waals surface area contributed by atoms with Crippen LogP contribution in [0.15, 0.2) is 4.99 Å². The minimum atomic E-state index is 0.530. The highest BCUT2D eigenvalue weighted by Crippen LogP contribution is 2.26. The lowest BCUT2D eigenvalue weighted by molar-refractivity contribution is 0.332. The molecule has 0 atom stereocenters. The molecule has 1 fully saturated rings. The fourth-order valence-electron chi connectivity index (χ4n) is 2.43. The van der Waals surface area contributed by atoms with Gasteiger partial charge in [0.1, 0.15) is 0 Å². The first-order valence-corrected chi connectivity index (χ1v) is 6.74. The molecule has 0 bridgehead atoms. The highest BCUT2D eigenvalue weighted by Gasteiger charge is 2.12. The predicted molar refractivity (Wildman–Crippen MR) is 74.0 cm³/mol. The Morgan fingerprint density at radius 2 is 2.06 bits per heavy atom. The van der Waals surface area contributed by atoms with Gasteiger partial charge < -0.3 is 10.6 Å². The standard InChI is InChI=1S/C14H25N3/c1-3-11-16-14(15-2)17-12-7-10-13-8-5-4-6-9-13/h1,13H,4-12H2,2H3,(H2,15,16,17). The van der Waals surface area contributed by atoms with Crippen LogP contribution in [0.4, 0.5) is 0 Å². The third-order valence-corrected chi connectivity index (χ3v) is 3.39. The van der Waals surface area contributed by atoms with Crippen LogP contribution in [0.1, 0.15) is 44.9 Å². The molecule has 1 rings (SSSR count). The van der Waals surface area contributed by atoms with Crippen LogP contribution in [0.2, 0.25) is 0 Å². The zero-order chi connectivity index (χ0) is 12.3. The van der Waals surface area contributed by atoms with E-state index in [0.717, 1.165) is 18.4 Å². The number of aliphatic imine (C=N–C) groups is 1. The molecule has 1 aliphatic carbocycles. The fraction of sp³-hybridized carbons (Fsp3) is 0.786. The Morgan fingerprint density at radius 1 is 1.29 bits per heavy atom. The summed E-state index contributed by atoms with van der Waals surface area (Å²) in [6, 6.07) is 0. The van der Waals surface area contributed by atoms with Gasteiger partial charge in [-0.15, -0.1) is 6.42 Å². The van der Waals surface area contributed by atoms with Gasteiger partial charge in [0.05, 0.1) is 6.54 Å². The Kier molecular flexibility index (Phi) is 7.29. The van der Waals surface area contributed by atoms with E-state index in [2.05, 4.69) is 21.5 Å². The molecule has 0 heterocycles. The van der Waals surface area contributed by atoms with Crippen LogP contribution in [-0.4, -0.2) is 26.1 Å². The van der Waals surface area contributed by atoms with Crippen molar-refractivity contribution in [3.63, 3.8) is 0 Å². The summed E-state index contributed by atoms with van der Waals surface area (Å²) in [5, 5.41) is 6.35. The molecule has 0 aromatic carbocycles. The summed E-state index contributed by atoms with van der Waals surface area (Å²) in [5.74, 6) is 4.32. The molecular weight excluding hydrogens is 210 g/mol. The molecule has 0 unspecified atom stereocenters. The van der Waals surface area contributed by atoms with Crippen molar-refractivity contribution in [3.05, 3.63) is 0 Å². The molecule has 1 saturated carbocycles. The molecule has 96 valence electrons. The van der Waals surface area contributed by atoms with Crippen LogP contribution in [-0.2, 0) is 0 Å². The van der Waals surface area contributed by atoms with Gasteiger partial charge in [-0.25, -0.2) is 0 Å². The molecule has 0 spiro atoms. The number of hydrogen-bond donors (Lipinski definition) is 2. The summed E-state index contributed by atoms with van der Waals surface area (Å²) < 4.78 is 0. The highest BCUT2D eigenvalue weighted by atomic mass is 15.2. The van der Waals surface area contributed by atoms with Crippen molar-refractivity contribution in [1.82, 2.24) is 10.6 Å². The van der Waals surface area contributed by atoms with Crippen molar-refractivity contribution in [2.24, 2.45) is 10.9 Å². The summed E-state index contributed by atoms with van der Waals surface area (Å²) in [5.41, 5.74) is 0. The van der Waals surface area contributed by atoms with Crippen molar-refractivity contribution in [1.29, 1.82) is 0 Å². The van der Waals surface area contributed by atoms with E-state index in [9.17, 15) is 0 Å². The molecule has 0 saturated heterocycles. The van der Waals surface area contributed by atoms with E-state index in [4.69, 9.17) is 6.42 Å². The van der Waals surface area contributed by atoms with E-state index in [1.165, 1.54) is 44.9 Å². The minimum absolute atomic E-state index is 0.530. The van der Waals surface area contributed by atoms with E-state index in [0.29, 0.717) is 6.54 Å². The van der Waals surface area contributed by atoms with Crippen LogP contribution in [0.25, 0.3) is 0 Å². The topological polar surface area (TPSA) is 36.4 Å². The van der Waals surface area contributed by atoms with Crippen LogP contribution >= 0.6 is 0 Å². The highest BCUT2D eigenvalue weighted by molar-refractivity contribution is 5.79. The number of nitrogens with one attached hydrogen (secondary N) is 2. The molecule has 0 aromatic rings. The summed E-state index contributed by atoms with van der Waals surface area (Å²) >= 11 is 0. The van der Waals surface area contributed by atoms with E-state index in [1.807, 2.05) is 0 Å². The van der Waals surface area contributed by atoms with Gasteiger partial charge >= 0.3 is 0 Å². The lowest BCUT2D eigenvalue weighted by Gasteiger charge is -2.21. The van der Waals surface area contributed by atoms with Gasteiger partial charge in [-0.2, -0.15) is 0 Å². The predicted octanol–water partition coefficient (Wildman–Crippen LogP) is 2.15. The van der Waals surface area contributed by atoms with Gasteiger partial charge in [0.25, 0.3) is 0 Å². The van der Waals surface area contributed by atoms with Crippen molar-refractivity contribution in [2.45, 2.75) is 44.9 Å². The van der Waals surface area contributed by atoms with Crippen molar-refractivity contribution >= 4 is 5.96 Å². The monoisotopic (exact) mass is 235 g/mol. The first-order valence-electron chi connectivity index (χ1n) is 6.74. The fourth-order valence-corrected chi connectivity index (χ4v) is 2.43. The van der Waals surface area contributed by atoms with Gasteiger partial charge in [0, 0.05) is 13.6 Å². The largest absolute Gasteiger partial charge is 0.356 e. The van der Waals surface area contributed by atoms with Crippen molar-refractivity contribution in [3.8, 4) is 12.3 Å². The summed E-state index contributed by atoms with van der Waals surface area (Å²) in [7, 11) is 1.77. The van der Waals surface area contributed by atoms with Crippen LogP contribution < -0.4 is 10.6 Å². The van der Waals surface area contributed by atoms with E-state index >= 15 is 0 Å². The van der Waals surface area contributed by atoms with E-state index in [-0.39, 0.29) is 0 Å². The summed E-state index contributed by atoms with van der Waals surface area (Å²) in [6.45, 7) is 1.52. The lowest BCUT2D eigenvalue weighted by atomic mass is 9.86. The van der Waals surface area contributed by atoms with Gasteiger partial charge in [-0.1, -0.05) is 38.0 Å². The maximum atomic E-state index is 5.19. The molecule has 3 nitrogen and oxygen atoms in total. The average molecular weight is 235 g/mol. The zero-order valence-corrected chi connectivity index (χ0v) is 11.0. The second-order valence-corrected chi connectivity index (χ2v) is 4.70. The number of hydrogen-bond acceptors (Lipinski definition) is 1. The smallest absolute Gasteiger partial charge is 0.191 e. The third-order valence-electron chi connectivity index (χ3n) is 3.39. The van der Waals surface area contributed by atoms with Crippen molar-refractivity contribution < 1.29 is 0 Å². The molecule has 0 radical (unpaired) electrons. The minimum Gasteiger partial charge on any atom is -0.356 e. The Balaban J connectivity index is 2.04. The quantitative estimate of drug-likeness (QED) is 0.331. The third kappa shape index (κ3) is 6.21. The van der Waals surface area contributed by atoms with Gasteiger partial charge in [0.15, 0.2) is 5.96 Å². The first kappa shape index (κ1) is 13.9. The van der Waals surface area contributed by atoms with Crippen LogP contribution in [0.3, 0.4) is 0 Å². The van der Waals surface area contributed by atoms with E-state index < -0.39 is 0 Å². The zero-order valence-electron chi connectivity index (χ0n) is 11.0. The molecule has 3 heteroatoms. The molecule has 0 aliphatic heterocycles. The molecule has 0 aromatic heterocycles. The van der Waals surface area contributed by atoms with Crippen molar-refractivity contribution in [2.75, 3.05) is 20.1 Å². The molecule has 1 aliphatic rings. The van der Waals surface area contributed by atoms with Crippen LogP contribution in [0.5, 0.6) is 0 Å². The summed E-state index contributed by atoms with van der Waals surface area (Å²) in [4.78, 5) is 4.11. The second kappa shape index (κ2) is 8.92. The molecule has 0 amide bonds. The first-order chi connectivity index (χ1) is 8.36. The Hall–Kier alpha value is -1.17.